The molecule has 0 radical (unpaired) electrons. The molecule has 0 unspecified atom stereocenters. The number of carbonyl (C=O) groups excluding carboxylic acids is 1. The van der Waals surface area contributed by atoms with E-state index in [2.05, 4.69) is 6.92 Å². The first kappa shape index (κ1) is 11.6. The van der Waals surface area contributed by atoms with Gasteiger partial charge in [0.2, 0.25) is 0 Å². The summed E-state index contributed by atoms with van der Waals surface area (Å²) in [6.07, 6.45) is 8.57. The van der Waals surface area contributed by atoms with Crippen LogP contribution in [0.25, 0.3) is 0 Å². The summed E-state index contributed by atoms with van der Waals surface area (Å²) in [6.45, 7) is 5.13. The third-order valence-corrected chi connectivity index (χ3v) is 2.11. The minimum Gasteiger partial charge on any atom is -0.378 e. The summed E-state index contributed by atoms with van der Waals surface area (Å²) < 4.78 is 5.63. The van der Waals surface area contributed by atoms with Gasteiger partial charge >= 0.3 is 0 Å². The van der Waals surface area contributed by atoms with Crippen molar-refractivity contribution in [3.63, 3.8) is 0 Å². The van der Waals surface area contributed by atoms with Crippen molar-refractivity contribution in [1.29, 1.82) is 0 Å². The number of hydrogen-bond donors (Lipinski definition) is 0. The molecule has 12 heavy (non-hydrogen) atoms. The van der Waals surface area contributed by atoms with Gasteiger partial charge in [-0.2, -0.15) is 0 Å². The number of ether oxygens (including phenoxy) is 1. The maximum absolute atomic E-state index is 8.00. The zero-order valence-electron chi connectivity index (χ0n) is 8.05. The van der Waals surface area contributed by atoms with E-state index in [0.717, 1.165) is 13.0 Å². The van der Waals surface area contributed by atoms with Gasteiger partial charge in [0.15, 0.2) is 0 Å². The lowest BCUT2D eigenvalue weighted by molar-refractivity contribution is -0.0979. The second-order valence-corrected chi connectivity index (χ2v) is 3.13. The minimum absolute atomic E-state index is 0.605. The highest BCUT2D eigenvalue weighted by atomic mass is 16.5. The average molecular weight is 172 g/mol. The molecule has 0 spiro atoms. The molecular weight excluding hydrogens is 152 g/mol. The van der Waals surface area contributed by atoms with Gasteiger partial charge in [0.05, 0.1) is 6.10 Å². The zero-order valence-corrected chi connectivity index (χ0v) is 8.05. The molecule has 0 aromatic heterocycles. The van der Waals surface area contributed by atoms with E-state index in [-0.39, 0.29) is 0 Å². The Labute approximate surface area is 75.3 Å². The fourth-order valence-corrected chi connectivity index (χ4v) is 1.52. The number of rotatable bonds is 3. The Hall–Kier alpha value is -0.370. The summed E-state index contributed by atoms with van der Waals surface area (Å²) in [5.74, 6) is 0. The summed E-state index contributed by atoms with van der Waals surface area (Å²) >= 11 is 0. The molecule has 0 amide bonds. The van der Waals surface area contributed by atoms with E-state index in [1.807, 2.05) is 6.79 Å². The molecule has 0 aromatic carbocycles. The van der Waals surface area contributed by atoms with Gasteiger partial charge in [0.1, 0.15) is 6.79 Å². The minimum atomic E-state index is 0.605. The first-order valence-electron chi connectivity index (χ1n) is 4.84. The van der Waals surface area contributed by atoms with Crippen molar-refractivity contribution in [3.8, 4) is 0 Å². The van der Waals surface area contributed by atoms with Gasteiger partial charge in [-0.3, -0.25) is 0 Å². The van der Waals surface area contributed by atoms with Crippen LogP contribution in [-0.2, 0) is 9.53 Å². The van der Waals surface area contributed by atoms with Crippen molar-refractivity contribution < 1.29 is 9.53 Å². The van der Waals surface area contributed by atoms with Gasteiger partial charge in [0, 0.05) is 6.61 Å². The Morgan fingerprint density at radius 1 is 1.25 bits per heavy atom. The molecule has 0 saturated heterocycles. The molecule has 1 rings (SSSR count). The van der Waals surface area contributed by atoms with Crippen molar-refractivity contribution in [2.75, 3.05) is 6.61 Å². The SMILES string of the molecule is C=O.CCCOC1CCCCC1. The maximum atomic E-state index is 8.00. The topological polar surface area (TPSA) is 26.3 Å². The van der Waals surface area contributed by atoms with E-state index in [1.54, 1.807) is 0 Å². The number of hydrogen-bond acceptors (Lipinski definition) is 2. The van der Waals surface area contributed by atoms with E-state index < -0.39 is 0 Å². The van der Waals surface area contributed by atoms with Crippen molar-refractivity contribution >= 4 is 6.79 Å². The molecule has 2 nitrogen and oxygen atoms in total. The average Bonchev–Trinajstić information content (AvgIpc) is 2.19. The van der Waals surface area contributed by atoms with Gasteiger partial charge in [-0.15, -0.1) is 0 Å². The highest BCUT2D eigenvalue weighted by Crippen LogP contribution is 2.20. The summed E-state index contributed by atoms with van der Waals surface area (Å²) in [7, 11) is 0. The molecule has 0 N–H and O–H groups in total. The van der Waals surface area contributed by atoms with Crippen LogP contribution in [0.2, 0.25) is 0 Å². The lowest BCUT2D eigenvalue weighted by Crippen LogP contribution is -2.16. The molecule has 72 valence electrons. The van der Waals surface area contributed by atoms with Gasteiger partial charge in [0.25, 0.3) is 0 Å². The van der Waals surface area contributed by atoms with Crippen molar-refractivity contribution in [2.24, 2.45) is 0 Å². The predicted molar refractivity (Wildman–Crippen MR) is 50.2 cm³/mol. The molecule has 0 aromatic rings. The summed E-state index contributed by atoms with van der Waals surface area (Å²) in [4.78, 5) is 8.00. The van der Waals surface area contributed by atoms with Crippen LogP contribution in [0.4, 0.5) is 0 Å². The molecule has 1 fully saturated rings. The maximum Gasteiger partial charge on any atom is 0.106 e. The van der Waals surface area contributed by atoms with Crippen LogP contribution in [0.3, 0.4) is 0 Å². The molecule has 0 heterocycles. The third-order valence-electron chi connectivity index (χ3n) is 2.11. The van der Waals surface area contributed by atoms with E-state index in [4.69, 9.17) is 9.53 Å². The predicted octanol–water partition coefficient (Wildman–Crippen LogP) is 2.56. The second-order valence-electron chi connectivity index (χ2n) is 3.13. The summed E-state index contributed by atoms with van der Waals surface area (Å²) in [5.41, 5.74) is 0. The fraction of sp³-hybridized carbons (Fsp3) is 0.900. The highest BCUT2D eigenvalue weighted by Gasteiger charge is 2.12. The smallest absolute Gasteiger partial charge is 0.106 e. The molecule has 2 heteroatoms. The van der Waals surface area contributed by atoms with Crippen molar-refractivity contribution in [1.82, 2.24) is 0 Å². The van der Waals surface area contributed by atoms with E-state index >= 15 is 0 Å². The second kappa shape index (κ2) is 8.72. The zero-order chi connectivity index (χ0) is 9.23. The lowest BCUT2D eigenvalue weighted by Gasteiger charge is -2.21. The monoisotopic (exact) mass is 172 g/mol. The van der Waals surface area contributed by atoms with Crippen molar-refractivity contribution in [3.05, 3.63) is 0 Å². The van der Waals surface area contributed by atoms with Crippen LogP contribution in [-0.4, -0.2) is 19.5 Å². The highest BCUT2D eigenvalue weighted by molar-refractivity contribution is 5.10. The Bertz CT molecular complexity index is 87.8. The van der Waals surface area contributed by atoms with Gasteiger partial charge < -0.3 is 9.53 Å². The van der Waals surface area contributed by atoms with Crippen molar-refractivity contribution in [2.45, 2.75) is 51.6 Å². The van der Waals surface area contributed by atoms with E-state index in [9.17, 15) is 0 Å². The fourth-order valence-electron chi connectivity index (χ4n) is 1.52. The van der Waals surface area contributed by atoms with Crippen LogP contribution in [0.5, 0.6) is 0 Å². The molecule has 0 bridgehead atoms. The molecule has 1 saturated carbocycles. The Kier molecular flexibility index (Phi) is 8.46. The Morgan fingerprint density at radius 3 is 2.33 bits per heavy atom. The quantitative estimate of drug-likeness (QED) is 0.654. The molecule has 0 atom stereocenters. The molecule has 1 aliphatic carbocycles. The van der Waals surface area contributed by atoms with Crippen LogP contribution < -0.4 is 0 Å². The first-order valence-corrected chi connectivity index (χ1v) is 4.84. The third kappa shape index (κ3) is 5.30. The van der Waals surface area contributed by atoms with E-state index in [1.165, 1.54) is 32.1 Å². The molecule has 1 aliphatic rings. The Morgan fingerprint density at radius 2 is 1.83 bits per heavy atom. The van der Waals surface area contributed by atoms with E-state index in [0.29, 0.717) is 6.10 Å². The molecular formula is C10H20O2. The molecule has 0 aliphatic heterocycles. The van der Waals surface area contributed by atoms with Gasteiger partial charge in [-0.25, -0.2) is 0 Å². The Balaban J connectivity index is 0.000000561. The van der Waals surface area contributed by atoms with Crippen LogP contribution >= 0.6 is 0 Å². The van der Waals surface area contributed by atoms with Crippen LogP contribution in [0.1, 0.15) is 45.4 Å². The van der Waals surface area contributed by atoms with Gasteiger partial charge in [-0.1, -0.05) is 26.2 Å². The van der Waals surface area contributed by atoms with Crippen LogP contribution in [0.15, 0.2) is 0 Å². The van der Waals surface area contributed by atoms with Gasteiger partial charge in [-0.05, 0) is 19.3 Å². The first-order chi connectivity index (χ1) is 5.93. The summed E-state index contributed by atoms with van der Waals surface area (Å²) in [6, 6.07) is 0. The normalized spacial score (nSPS) is 18.1. The lowest BCUT2D eigenvalue weighted by atomic mass is 9.98. The standard InChI is InChI=1S/C9H18O.CH2O/c1-2-8-10-9-6-4-3-5-7-9;1-2/h9H,2-8H2,1H3;1H2. The number of carbonyl (C=O) groups is 1. The largest absolute Gasteiger partial charge is 0.378 e. The van der Waals surface area contributed by atoms with Crippen LogP contribution in [0, 0.1) is 0 Å². The summed E-state index contributed by atoms with van der Waals surface area (Å²) in [5, 5.41) is 0.